The van der Waals surface area contributed by atoms with Crippen molar-refractivity contribution in [3.8, 4) is 5.75 Å². The third kappa shape index (κ3) is 2.67. The van der Waals surface area contributed by atoms with Crippen molar-refractivity contribution in [2.45, 2.75) is 19.9 Å². The normalized spacial score (nSPS) is 17.9. The van der Waals surface area contributed by atoms with Gasteiger partial charge in [-0.3, -0.25) is 14.7 Å². The van der Waals surface area contributed by atoms with E-state index in [2.05, 4.69) is 4.99 Å². The van der Waals surface area contributed by atoms with Crippen molar-refractivity contribution >= 4 is 28.5 Å². The lowest BCUT2D eigenvalue weighted by Crippen LogP contribution is -2.29. The van der Waals surface area contributed by atoms with Gasteiger partial charge in [-0.25, -0.2) is 0 Å². The van der Waals surface area contributed by atoms with Crippen molar-refractivity contribution < 1.29 is 9.53 Å². The number of ether oxygens (including phenoxy) is 1. The zero-order valence-corrected chi connectivity index (χ0v) is 11.5. The predicted octanol–water partition coefficient (Wildman–Crippen LogP) is 2.54. The molecule has 0 radical (unpaired) electrons. The molecule has 96 valence electrons. The molecule has 2 rings (SSSR count). The maximum atomic E-state index is 11.9. The molecule has 0 bridgehead atoms. The SMILES string of the molecule is COc1cccc(N2C(=O)CS/C2=N\C(C)C)c1. The van der Waals surface area contributed by atoms with Crippen molar-refractivity contribution in [1.82, 2.24) is 0 Å². The van der Waals surface area contributed by atoms with Gasteiger partial charge < -0.3 is 4.74 Å². The minimum atomic E-state index is 0.0626. The summed E-state index contributed by atoms with van der Waals surface area (Å²) >= 11 is 1.48. The van der Waals surface area contributed by atoms with Crippen LogP contribution >= 0.6 is 11.8 Å². The molecule has 0 saturated carbocycles. The fraction of sp³-hybridized carbons (Fsp3) is 0.385. The molecular weight excluding hydrogens is 248 g/mol. The minimum Gasteiger partial charge on any atom is -0.497 e. The number of aliphatic imine (C=N–C) groups is 1. The van der Waals surface area contributed by atoms with Gasteiger partial charge in [0.05, 0.1) is 18.6 Å². The summed E-state index contributed by atoms with van der Waals surface area (Å²) in [7, 11) is 1.61. The fourth-order valence-corrected chi connectivity index (χ4v) is 2.69. The summed E-state index contributed by atoms with van der Waals surface area (Å²) in [6.07, 6.45) is 0. The summed E-state index contributed by atoms with van der Waals surface area (Å²) in [4.78, 5) is 18.1. The Kier molecular flexibility index (Phi) is 3.91. The Labute approximate surface area is 111 Å². The quantitative estimate of drug-likeness (QED) is 0.842. The number of thioether (sulfide) groups is 1. The second kappa shape index (κ2) is 5.44. The lowest BCUT2D eigenvalue weighted by Gasteiger charge is -2.17. The number of rotatable bonds is 3. The number of amidine groups is 1. The number of carbonyl (C=O) groups excluding carboxylic acids is 1. The van der Waals surface area contributed by atoms with Gasteiger partial charge in [0, 0.05) is 12.1 Å². The van der Waals surface area contributed by atoms with E-state index < -0.39 is 0 Å². The second-order valence-corrected chi connectivity index (χ2v) is 5.17. The van der Waals surface area contributed by atoms with Gasteiger partial charge in [-0.05, 0) is 26.0 Å². The molecule has 1 aliphatic rings. The fourth-order valence-electron chi connectivity index (χ4n) is 1.68. The maximum Gasteiger partial charge on any atom is 0.243 e. The maximum absolute atomic E-state index is 11.9. The Morgan fingerprint density at radius 2 is 2.22 bits per heavy atom. The van der Waals surface area contributed by atoms with Crippen LogP contribution in [0.25, 0.3) is 0 Å². The standard InChI is InChI=1S/C13H16N2O2S/c1-9(2)14-13-15(12(16)8-18-13)10-5-4-6-11(7-10)17-3/h4-7,9H,8H2,1-3H3/b14-13-. The molecule has 0 unspecified atom stereocenters. The van der Waals surface area contributed by atoms with Gasteiger partial charge in [-0.2, -0.15) is 0 Å². The third-order valence-electron chi connectivity index (χ3n) is 2.45. The number of methoxy groups -OCH3 is 1. The molecule has 0 aliphatic carbocycles. The number of anilines is 1. The number of benzene rings is 1. The van der Waals surface area contributed by atoms with Gasteiger partial charge in [-0.15, -0.1) is 0 Å². The third-order valence-corrected chi connectivity index (χ3v) is 3.38. The Bertz CT molecular complexity index is 486. The van der Waals surface area contributed by atoms with Gasteiger partial charge in [-0.1, -0.05) is 17.8 Å². The highest BCUT2D eigenvalue weighted by molar-refractivity contribution is 8.15. The molecular formula is C13H16N2O2S. The molecule has 1 aliphatic heterocycles. The Balaban J connectivity index is 2.36. The average molecular weight is 264 g/mol. The van der Waals surface area contributed by atoms with E-state index in [9.17, 15) is 4.79 Å². The van der Waals surface area contributed by atoms with E-state index in [1.807, 2.05) is 38.1 Å². The summed E-state index contributed by atoms with van der Waals surface area (Å²) in [5.41, 5.74) is 0.809. The largest absolute Gasteiger partial charge is 0.497 e. The number of amides is 1. The summed E-state index contributed by atoms with van der Waals surface area (Å²) in [6, 6.07) is 7.64. The second-order valence-electron chi connectivity index (χ2n) is 4.22. The highest BCUT2D eigenvalue weighted by Gasteiger charge is 2.29. The first-order valence-corrected chi connectivity index (χ1v) is 6.78. The van der Waals surface area contributed by atoms with Gasteiger partial charge in [0.2, 0.25) is 5.91 Å². The zero-order valence-electron chi connectivity index (χ0n) is 10.7. The van der Waals surface area contributed by atoms with Crippen LogP contribution in [0.15, 0.2) is 29.3 Å². The van der Waals surface area contributed by atoms with Crippen LogP contribution in [0.5, 0.6) is 5.75 Å². The average Bonchev–Trinajstić information content (AvgIpc) is 2.70. The van der Waals surface area contributed by atoms with Crippen molar-refractivity contribution in [3.63, 3.8) is 0 Å². The number of hydrogen-bond donors (Lipinski definition) is 0. The first-order valence-electron chi connectivity index (χ1n) is 5.79. The highest BCUT2D eigenvalue weighted by Crippen LogP contribution is 2.29. The molecule has 0 atom stereocenters. The lowest BCUT2D eigenvalue weighted by atomic mass is 10.3. The Morgan fingerprint density at radius 3 is 2.89 bits per heavy atom. The van der Waals surface area contributed by atoms with Crippen molar-refractivity contribution in [3.05, 3.63) is 24.3 Å². The minimum absolute atomic E-state index is 0.0626. The van der Waals surface area contributed by atoms with E-state index in [1.54, 1.807) is 12.0 Å². The number of hydrogen-bond acceptors (Lipinski definition) is 4. The van der Waals surface area contributed by atoms with Crippen molar-refractivity contribution in [2.75, 3.05) is 17.8 Å². The van der Waals surface area contributed by atoms with E-state index >= 15 is 0 Å². The summed E-state index contributed by atoms with van der Waals surface area (Å²) in [6.45, 7) is 4.00. The molecule has 18 heavy (non-hydrogen) atoms. The molecule has 1 amide bonds. The predicted molar refractivity (Wildman–Crippen MR) is 75.5 cm³/mol. The molecule has 4 nitrogen and oxygen atoms in total. The Hall–Kier alpha value is -1.49. The highest BCUT2D eigenvalue weighted by atomic mass is 32.2. The Morgan fingerprint density at radius 1 is 1.44 bits per heavy atom. The summed E-state index contributed by atoms with van der Waals surface area (Å²) in [5.74, 6) is 1.25. The van der Waals surface area contributed by atoms with Gasteiger partial charge >= 0.3 is 0 Å². The summed E-state index contributed by atoms with van der Waals surface area (Å²) in [5, 5.41) is 0.767. The first-order chi connectivity index (χ1) is 8.61. The van der Waals surface area contributed by atoms with Crippen LogP contribution in [0, 0.1) is 0 Å². The molecule has 0 N–H and O–H groups in total. The molecule has 5 heteroatoms. The van der Waals surface area contributed by atoms with Crippen LogP contribution in [0.4, 0.5) is 5.69 Å². The van der Waals surface area contributed by atoms with Crippen LogP contribution in [-0.2, 0) is 4.79 Å². The van der Waals surface area contributed by atoms with Gasteiger partial charge in [0.25, 0.3) is 0 Å². The topological polar surface area (TPSA) is 41.9 Å². The smallest absolute Gasteiger partial charge is 0.243 e. The monoisotopic (exact) mass is 264 g/mol. The zero-order chi connectivity index (χ0) is 13.1. The number of carbonyl (C=O) groups is 1. The molecule has 0 spiro atoms. The van der Waals surface area contributed by atoms with Crippen molar-refractivity contribution in [1.29, 1.82) is 0 Å². The van der Waals surface area contributed by atoms with E-state index in [-0.39, 0.29) is 11.9 Å². The van der Waals surface area contributed by atoms with E-state index in [0.717, 1.165) is 16.6 Å². The number of nitrogens with zero attached hydrogens (tertiary/aromatic N) is 2. The van der Waals surface area contributed by atoms with Crippen LogP contribution in [0.3, 0.4) is 0 Å². The molecule has 1 saturated heterocycles. The van der Waals surface area contributed by atoms with E-state index in [4.69, 9.17) is 4.74 Å². The van der Waals surface area contributed by atoms with Gasteiger partial charge in [0.1, 0.15) is 5.75 Å². The summed E-state index contributed by atoms with van der Waals surface area (Å²) < 4.78 is 5.18. The molecule has 1 heterocycles. The van der Waals surface area contributed by atoms with Crippen LogP contribution in [0.1, 0.15) is 13.8 Å². The van der Waals surface area contributed by atoms with Crippen LogP contribution < -0.4 is 9.64 Å². The lowest BCUT2D eigenvalue weighted by molar-refractivity contribution is -0.115. The molecule has 0 aromatic heterocycles. The van der Waals surface area contributed by atoms with Crippen molar-refractivity contribution in [2.24, 2.45) is 4.99 Å². The van der Waals surface area contributed by atoms with Crippen LogP contribution in [0.2, 0.25) is 0 Å². The van der Waals surface area contributed by atoms with E-state index in [1.165, 1.54) is 11.8 Å². The van der Waals surface area contributed by atoms with Gasteiger partial charge in [0.15, 0.2) is 5.17 Å². The molecule has 1 fully saturated rings. The molecule has 1 aromatic carbocycles. The van der Waals surface area contributed by atoms with Crippen LogP contribution in [-0.4, -0.2) is 30.0 Å². The van der Waals surface area contributed by atoms with E-state index in [0.29, 0.717) is 5.75 Å². The molecule has 1 aromatic rings. The first kappa shape index (κ1) is 13.0.